The lowest BCUT2D eigenvalue weighted by atomic mass is 10.2. The summed E-state index contributed by atoms with van der Waals surface area (Å²) in [5.74, 6) is -0.296. The maximum atomic E-state index is 11.9. The Morgan fingerprint density at radius 2 is 2.19 bits per heavy atom. The van der Waals surface area contributed by atoms with Crippen molar-refractivity contribution in [2.24, 2.45) is 7.05 Å². The van der Waals surface area contributed by atoms with Gasteiger partial charge in [-0.25, -0.2) is 4.79 Å². The second kappa shape index (κ2) is 7.56. The van der Waals surface area contributed by atoms with Gasteiger partial charge in [0.1, 0.15) is 5.56 Å². The van der Waals surface area contributed by atoms with Crippen molar-refractivity contribution in [3.05, 3.63) is 17.5 Å². The Balaban J connectivity index is 1.87. The lowest BCUT2D eigenvalue weighted by molar-refractivity contribution is 0.0524. The molecule has 2 rings (SSSR count). The summed E-state index contributed by atoms with van der Waals surface area (Å²) in [7, 11) is 1.85. The number of likely N-dealkylation sites (tertiary alicyclic amines) is 1. The van der Waals surface area contributed by atoms with Gasteiger partial charge in [0.05, 0.1) is 18.5 Å². The Kier molecular flexibility index (Phi) is 5.76. The first kappa shape index (κ1) is 16.0. The third-order valence-corrected chi connectivity index (χ3v) is 4.05. The van der Waals surface area contributed by atoms with Crippen molar-refractivity contribution >= 4 is 5.97 Å². The Bertz CT molecular complexity index is 466. The van der Waals surface area contributed by atoms with Gasteiger partial charge in [0.2, 0.25) is 0 Å². The highest BCUT2D eigenvalue weighted by atomic mass is 16.5. The van der Waals surface area contributed by atoms with Gasteiger partial charge in [0, 0.05) is 26.2 Å². The van der Waals surface area contributed by atoms with Crippen molar-refractivity contribution in [1.82, 2.24) is 20.0 Å². The first-order valence-corrected chi connectivity index (χ1v) is 7.76. The molecule has 1 unspecified atom stereocenters. The Morgan fingerprint density at radius 3 is 2.86 bits per heavy atom. The maximum Gasteiger partial charge on any atom is 0.341 e. The molecule has 0 bridgehead atoms. The zero-order chi connectivity index (χ0) is 15.2. The molecule has 1 atom stereocenters. The van der Waals surface area contributed by atoms with Crippen LogP contribution in [0.15, 0.2) is 6.20 Å². The van der Waals surface area contributed by atoms with Crippen molar-refractivity contribution < 1.29 is 9.53 Å². The molecular formula is C15H26N4O2. The Hall–Kier alpha value is -1.40. The van der Waals surface area contributed by atoms with Gasteiger partial charge in [0.15, 0.2) is 0 Å². The van der Waals surface area contributed by atoms with Crippen LogP contribution in [0.4, 0.5) is 0 Å². The van der Waals surface area contributed by atoms with Crippen LogP contribution in [0.2, 0.25) is 0 Å². The molecule has 1 aromatic rings. The lowest BCUT2D eigenvalue weighted by Gasteiger charge is -2.24. The van der Waals surface area contributed by atoms with Crippen LogP contribution in [-0.2, 0) is 18.3 Å². The van der Waals surface area contributed by atoms with E-state index in [4.69, 9.17) is 4.74 Å². The van der Waals surface area contributed by atoms with Gasteiger partial charge in [-0.1, -0.05) is 0 Å². The average molecular weight is 294 g/mol. The molecule has 0 aromatic carbocycles. The number of hydrogen-bond donors (Lipinski definition) is 1. The monoisotopic (exact) mass is 294 g/mol. The zero-order valence-electron chi connectivity index (χ0n) is 13.3. The topological polar surface area (TPSA) is 59.4 Å². The highest BCUT2D eigenvalue weighted by Crippen LogP contribution is 2.12. The standard InChI is InChI=1S/C15H26N4O2/c1-4-21-15(20)13-10-17-18(3)14(13)11-16-9-12(2)19-7-5-6-8-19/h10,12,16H,4-9,11H2,1-3H3. The van der Waals surface area contributed by atoms with E-state index in [0.29, 0.717) is 24.8 Å². The number of carbonyl (C=O) groups is 1. The number of esters is 1. The fourth-order valence-electron chi connectivity index (χ4n) is 2.76. The van der Waals surface area contributed by atoms with Gasteiger partial charge in [-0.05, 0) is 39.8 Å². The summed E-state index contributed by atoms with van der Waals surface area (Å²) in [5, 5.41) is 7.59. The SMILES string of the molecule is CCOC(=O)c1cnn(C)c1CNCC(C)N1CCCC1. The number of nitrogens with one attached hydrogen (secondary N) is 1. The van der Waals surface area contributed by atoms with E-state index in [9.17, 15) is 4.79 Å². The van der Waals surface area contributed by atoms with Crippen molar-refractivity contribution in [3.8, 4) is 0 Å². The van der Waals surface area contributed by atoms with E-state index in [-0.39, 0.29) is 5.97 Å². The van der Waals surface area contributed by atoms with E-state index in [1.807, 2.05) is 14.0 Å². The minimum Gasteiger partial charge on any atom is -0.462 e. The van der Waals surface area contributed by atoms with Crippen LogP contribution in [0, 0.1) is 0 Å². The van der Waals surface area contributed by atoms with Gasteiger partial charge >= 0.3 is 5.97 Å². The summed E-state index contributed by atoms with van der Waals surface area (Å²) >= 11 is 0. The van der Waals surface area contributed by atoms with E-state index in [2.05, 4.69) is 22.2 Å². The molecule has 1 N–H and O–H groups in total. The van der Waals surface area contributed by atoms with Crippen LogP contribution in [-0.4, -0.2) is 52.9 Å². The molecule has 118 valence electrons. The van der Waals surface area contributed by atoms with Crippen LogP contribution in [0.5, 0.6) is 0 Å². The maximum absolute atomic E-state index is 11.9. The molecular weight excluding hydrogens is 268 g/mol. The third kappa shape index (κ3) is 4.04. The first-order valence-electron chi connectivity index (χ1n) is 7.76. The Morgan fingerprint density at radius 1 is 1.48 bits per heavy atom. The van der Waals surface area contributed by atoms with Crippen LogP contribution >= 0.6 is 0 Å². The molecule has 0 radical (unpaired) electrons. The average Bonchev–Trinajstić information content (AvgIpc) is 3.09. The van der Waals surface area contributed by atoms with Gasteiger partial charge in [-0.2, -0.15) is 5.10 Å². The van der Waals surface area contributed by atoms with Crippen molar-refractivity contribution in [2.45, 2.75) is 39.3 Å². The molecule has 1 aliphatic heterocycles. The summed E-state index contributed by atoms with van der Waals surface area (Å²) in [4.78, 5) is 14.4. The van der Waals surface area contributed by atoms with Gasteiger partial charge < -0.3 is 10.1 Å². The summed E-state index contributed by atoms with van der Waals surface area (Å²) in [6.45, 7) is 8.37. The van der Waals surface area contributed by atoms with E-state index in [1.165, 1.54) is 25.9 Å². The first-order chi connectivity index (χ1) is 10.1. The second-order valence-electron chi connectivity index (χ2n) is 5.57. The van der Waals surface area contributed by atoms with E-state index < -0.39 is 0 Å². The number of carbonyl (C=O) groups excluding carboxylic acids is 1. The highest BCUT2D eigenvalue weighted by Gasteiger charge is 2.19. The van der Waals surface area contributed by atoms with E-state index in [0.717, 1.165) is 12.2 Å². The van der Waals surface area contributed by atoms with Crippen LogP contribution in [0.1, 0.15) is 42.7 Å². The fourth-order valence-corrected chi connectivity index (χ4v) is 2.76. The van der Waals surface area contributed by atoms with Crippen LogP contribution in [0.25, 0.3) is 0 Å². The molecule has 6 heteroatoms. The molecule has 1 aromatic heterocycles. The minimum absolute atomic E-state index is 0.296. The lowest BCUT2D eigenvalue weighted by Crippen LogP contribution is -2.38. The molecule has 6 nitrogen and oxygen atoms in total. The number of aromatic nitrogens is 2. The number of aryl methyl sites for hydroxylation is 1. The molecule has 0 amide bonds. The molecule has 2 heterocycles. The van der Waals surface area contributed by atoms with Gasteiger partial charge in [-0.15, -0.1) is 0 Å². The predicted octanol–water partition coefficient (Wildman–Crippen LogP) is 1.17. The van der Waals surface area contributed by atoms with Crippen molar-refractivity contribution in [2.75, 3.05) is 26.2 Å². The fraction of sp³-hybridized carbons (Fsp3) is 0.733. The summed E-state index contributed by atoms with van der Waals surface area (Å²) in [6.07, 6.45) is 4.19. The van der Waals surface area contributed by atoms with Gasteiger partial charge in [0.25, 0.3) is 0 Å². The predicted molar refractivity (Wildman–Crippen MR) is 81.1 cm³/mol. The summed E-state index contributed by atoms with van der Waals surface area (Å²) in [5.41, 5.74) is 1.43. The molecule has 0 spiro atoms. The quantitative estimate of drug-likeness (QED) is 0.765. The Labute approximate surface area is 126 Å². The molecule has 1 fully saturated rings. The number of hydrogen-bond acceptors (Lipinski definition) is 5. The largest absolute Gasteiger partial charge is 0.462 e. The van der Waals surface area contributed by atoms with Crippen LogP contribution < -0.4 is 5.32 Å². The molecule has 0 saturated carbocycles. The zero-order valence-corrected chi connectivity index (χ0v) is 13.3. The smallest absolute Gasteiger partial charge is 0.341 e. The highest BCUT2D eigenvalue weighted by molar-refractivity contribution is 5.90. The number of rotatable bonds is 7. The minimum atomic E-state index is -0.296. The van der Waals surface area contributed by atoms with Crippen molar-refractivity contribution in [3.63, 3.8) is 0 Å². The summed E-state index contributed by atoms with van der Waals surface area (Å²) in [6, 6.07) is 0.520. The molecule has 1 aliphatic rings. The van der Waals surface area contributed by atoms with Gasteiger partial charge in [-0.3, -0.25) is 9.58 Å². The van der Waals surface area contributed by atoms with E-state index >= 15 is 0 Å². The van der Waals surface area contributed by atoms with E-state index in [1.54, 1.807) is 10.9 Å². The molecule has 21 heavy (non-hydrogen) atoms. The normalized spacial score (nSPS) is 17.1. The molecule has 0 aliphatic carbocycles. The summed E-state index contributed by atoms with van der Waals surface area (Å²) < 4.78 is 6.80. The number of nitrogens with zero attached hydrogens (tertiary/aromatic N) is 3. The molecule has 1 saturated heterocycles. The van der Waals surface area contributed by atoms with Crippen molar-refractivity contribution in [1.29, 1.82) is 0 Å². The third-order valence-electron chi connectivity index (χ3n) is 4.05. The van der Waals surface area contributed by atoms with Crippen LogP contribution in [0.3, 0.4) is 0 Å². The number of ether oxygens (including phenoxy) is 1. The second-order valence-corrected chi connectivity index (χ2v) is 5.57.